The number of benzene rings is 1. The molecule has 1 aromatic heterocycles. The number of nitrogens with one attached hydrogen (secondary N) is 1. The molecule has 3 rings (SSSR count). The van der Waals surface area contributed by atoms with E-state index in [0.717, 1.165) is 31.9 Å². The summed E-state index contributed by atoms with van der Waals surface area (Å²) in [5.74, 6) is 1.36. The number of piperazine rings is 1. The van der Waals surface area contributed by atoms with Crippen LogP contribution in [0.2, 0.25) is 0 Å². The predicted molar refractivity (Wildman–Crippen MR) is 109 cm³/mol. The van der Waals surface area contributed by atoms with Crippen LogP contribution in [0.3, 0.4) is 0 Å². The van der Waals surface area contributed by atoms with Gasteiger partial charge in [0.15, 0.2) is 0 Å². The van der Waals surface area contributed by atoms with Gasteiger partial charge < -0.3 is 15.1 Å². The Labute approximate surface area is 161 Å². The first kappa shape index (κ1) is 19.1. The van der Waals surface area contributed by atoms with Crippen LogP contribution in [0.4, 0.5) is 11.5 Å². The Kier molecular flexibility index (Phi) is 6.63. The van der Waals surface area contributed by atoms with E-state index < -0.39 is 0 Å². The zero-order valence-electron chi connectivity index (χ0n) is 16.3. The molecule has 6 heteroatoms. The van der Waals surface area contributed by atoms with Crippen molar-refractivity contribution >= 4 is 17.4 Å². The van der Waals surface area contributed by atoms with E-state index in [0.29, 0.717) is 24.6 Å². The summed E-state index contributed by atoms with van der Waals surface area (Å²) in [5, 5.41) is 3.32. The molecule has 2 heterocycles. The second-order valence-corrected chi connectivity index (χ2v) is 6.93. The van der Waals surface area contributed by atoms with Gasteiger partial charge in [-0.05, 0) is 25.5 Å². The minimum absolute atomic E-state index is 0.00943. The summed E-state index contributed by atoms with van der Waals surface area (Å²) in [4.78, 5) is 25.9. The first-order valence-electron chi connectivity index (χ1n) is 9.86. The molecule has 1 saturated heterocycles. The average Bonchev–Trinajstić information content (AvgIpc) is 2.71. The highest BCUT2D eigenvalue weighted by Crippen LogP contribution is 2.17. The number of para-hydroxylation sites is 1. The van der Waals surface area contributed by atoms with E-state index in [1.807, 2.05) is 30.0 Å². The quantitative estimate of drug-likeness (QED) is 0.761. The van der Waals surface area contributed by atoms with Gasteiger partial charge in [0.1, 0.15) is 17.3 Å². The molecule has 1 aliphatic heterocycles. The van der Waals surface area contributed by atoms with Crippen molar-refractivity contribution in [3.63, 3.8) is 0 Å². The second-order valence-electron chi connectivity index (χ2n) is 6.93. The van der Waals surface area contributed by atoms with Gasteiger partial charge in [0, 0.05) is 44.5 Å². The van der Waals surface area contributed by atoms with Crippen LogP contribution in [0.15, 0.2) is 36.4 Å². The van der Waals surface area contributed by atoms with E-state index >= 15 is 0 Å². The maximum atomic E-state index is 12.9. The Morgan fingerprint density at radius 3 is 2.52 bits per heavy atom. The molecule has 0 radical (unpaired) electrons. The molecule has 1 aliphatic rings. The zero-order chi connectivity index (χ0) is 19.1. The Morgan fingerprint density at radius 2 is 1.81 bits per heavy atom. The monoisotopic (exact) mass is 367 g/mol. The van der Waals surface area contributed by atoms with Gasteiger partial charge in [-0.25, -0.2) is 9.97 Å². The maximum absolute atomic E-state index is 12.9. The Morgan fingerprint density at radius 1 is 1.07 bits per heavy atom. The molecule has 0 spiro atoms. The number of anilines is 2. The number of carbonyl (C=O) groups excluding carboxylic acids is 1. The van der Waals surface area contributed by atoms with Crippen molar-refractivity contribution in [3.8, 4) is 0 Å². The van der Waals surface area contributed by atoms with Crippen LogP contribution in [-0.2, 0) is 0 Å². The normalized spacial score (nSPS) is 14.3. The topological polar surface area (TPSA) is 61.4 Å². The SMILES string of the molecule is CCCCCNc1cc(C(=O)N2CCN(c3ccccc3)CC2)nc(C)n1. The van der Waals surface area contributed by atoms with Gasteiger partial charge in [-0.3, -0.25) is 4.79 Å². The van der Waals surface area contributed by atoms with Gasteiger partial charge >= 0.3 is 0 Å². The molecule has 0 aliphatic carbocycles. The number of amides is 1. The molecule has 0 bridgehead atoms. The number of hydrogen-bond acceptors (Lipinski definition) is 5. The van der Waals surface area contributed by atoms with Crippen molar-refractivity contribution in [1.82, 2.24) is 14.9 Å². The van der Waals surface area contributed by atoms with Crippen LogP contribution in [0, 0.1) is 6.92 Å². The second kappa shape index (κ2) is 9.35. The average molecular weight is 367 g/mol. The Hall–Kier alpha value is -2.63. The Balaban J connectivity index is 1.60. The van der Waals surface area contributed by atoms with E-state index in [9.17, 15) is 4.79 Å². The van der Waals surface area contributed by atoms with Crippen LogP contribution in [0.1, 0.15) is 42.5 Å². The molecule has 6 nitrogen and oxygen atoms in total. The Bertz CT molecular complexity index is 741. The lowest BCUT2D eigenvalue weighted by Gasteiger charge is -2.36. The van der Waals surface area contributed by atoms with E-state index in [1.54, 1.807) is 6.07 Å². The number of rotatable bonds is 7. The number of aryl methyl sites for hydroxylation is 1. The van der Waals surface area contributed by atoms with Crippen molar-refractivity contribution in [2.24, 2.45) is 0 Å². The maximum Gasteiger partial charge on any atom is 0.272 e. The molecule has 1 N–H and O–H groups in total. The van der Waals surface area contributed by atoms with Crippen LogP contribution in [0.25, 0.3) is 0 Å². The van der Waals surface area contributed by atoms with Crippen molar-refractivity contribution in [3.05, 3.63) is 47.9 Å². The van der Waals surface area contributed by atoms with Crippen LogP contribution < -0.4 is 10.2 Å². The highest BCUT2D eigenvalue weighted by Gasteiger charge is 2.23. The van der Waals surface area contributed by atoms with Gasteiger partial charge in [0.2, 0.25) is 0 Å². The summed E-state index contributed by atoms with van der Waals surface area (Å²) < 4.78 is 0. The third-order valence-electron chi connectivity index (χ3n) is 4.83. The lowest BCUT2D eigenvalue weighted by Crippen LogP contribution is -2.49. The lowest BCUT2D eigenvalue weighted by atomic mass is 10.2. The third kappa shape index (κ3) is 5.18. The van der Waals surface area contributed by atoms with Crippen molar-refractivity contribution in [2.75, 3.05) is 42.9 Å². The fourth-order valence-electron chi connectivity index (χ4n) is 3.33. The minimum Gasteiger partial charge on any atom is -0.370 e. The summed E-state index contributed by atoms with van der Waals surface area (Å²) >= 11 is 0. The fourth-order valence-corrected chi connectivity index (χ4v) is 3.33. The standard InChI is InChI=1S/C21H29N5O/c1-3-4-8-11-22-20-16-19(23-17(2)24-20)21(27)26-14-12-25(13-15-26)18-9-6-5-7-10-18/h5-7,9-10,16H,3-4,8,11-15H2,1-2H3,(H,22,23,24). The number of aromatic nitrogens is 2. The van der Waals surface area contributed by atoms with Gasteiger partial charge in [-0.2, -0.15) is 0 Å². The molecule has 144 valence electrons. The molecule has 0 atom stereocenters. The molecule has 27 heavy (non-hydrogen) atoms. The molecule has 0 unspecified atom stereocenters. The fraction of sp³-hybridized carbons (Fsp3) is 0.476. The lowest BCUT2D eigenvalue weighted by molar-refractivity contribution is 0.0740. The van der Waals surface area contributed by atoms with Crippen LogP contribution in [0.5, 0.6) is 0 Å². The summed E-state index contributed by atoms with van der Waals surface area (Å²) in [6.45, 7) is 7.97. The van der Waals surface area contributed by atoms with Gasteiger partial charge in [0.25, 0.3) is 5.91 Å². The van der Waals surface area contributed by atoms with Crippen LogP contribution >= 0.6 is 0 Å². The van der Waals surface area contributed by atoms with E-state index in [-0.39, 0.29) is 5.91 Å². The van der Waals surface area contributed by atoms with E-state index in [2.05, 4.69) is 39.2 Å². The van der Waals surface area contributed by atoms with E-state index in [1.165, 1.54) is 18.5 Å². The van der Waals surface area contributed by atoms with Crippen molar-refractivity contribution < 1.29 is 4.79 Å². The molecule has 1 amide bonds. The zero-order valence-corrected chi connectivity index (χ0v) is 16.3. The first-order valence-corrected chi connectivity index (χ1v) is 9.86. The molecule has 1 fully saturated rings. The highest BCUT2D eigenvalue weighted by atomic mass is 16.2. The van der Waals surface area contributed by atoms with E-state index in [4.69, 9.17) is 0 Å². The summed E-state index contributed by atoms with van der Waals surface area (Å²) in [5.41, 5.74) is 1.69. The first-order chi connectivity index (χ1) is 13.2. The summed E-state index contributed by atoms with van der Waals surface area (Å²) in [6.07, 6.45) is 3.47. The number of carbonyl (C=O) groups is 1. The summed E-state index contributed by atoms with van der Waals surface area (Å²) in [7, 11) is 0. The number of nitrogens with zero attached hydrogens (tertiary/aromatic N) is 4. The summed E-state index contributed by atoms with van der Waals surface area (Å²) in [6, 6.07) is 12.1. The number of unbranched alkanes of at least 4 members (excludes halogenated alkanes) is 2. The minimum atomic E-state index is -0.00943. The molecule has 2 aromatic rings. The van der Waals surface area contributed by atoms with Gasteiger partial charge in [-0.15, -0.1) is 0 Å². The molecular weight excluding hydrogens is 338 g/mol. The predicted octanol–water partition coefficient (Wildman–Crippen LogP) is 3.35. The van der Waals surface area contributed by atoms with Gasteiger partial charge in [0.05, 0.1) is 0 Å². The number of hydrogen-bond donors (Lipinski definition) is 1. The van der Waals surface area contributed by atoms with Crippen LogP contribution in [-0.4, -0.2) is 53.5 Å². The van der Waals surface area contributed by atoms with Gasteiger partial charge in [-0.1, -0.05) is 38.0 Å². The smallest absolute Gasteiger partial charge is 0.272 e. The third-order valence-corrected chi connectivity index (χ3v) is 4.83. The van der Waals surface area contributed by atoms with Crippen molar-refractivity contribution in [2.45, 2.75) is 33.1 Å². The molecule has 0 saturated carbocycles. The largest absolute Gasteiger partial charge is 0.370 e. The molecular formula is C21H29N5O. The molecule has 1 aromatic carbocycles. The highest BCUT2D eigenvalue weighted by molar-refractivity contribution is 5.93. The van der Waals surface area contributed by atoms with Crippen molar-refractivity contribution in [1.29, 1.82) is 0 Å².